The first kappa shape index (κ1) is 14.7. The van der Waals surface area contributed by atoms with Crippen LogP contribution >= 0.6 is 0 Å². The van der Waals surface area contributed by atoms with E-state index in [-0.39, 0.29) is 5.91 Å². The zero-order valence-corrected chi connectivity index (χ0v) is 13.2. The van der Waals surface area contributed by atoms with Crippen molar-refractivity contribution in [3.05, 3.63) is 66.4 Å². The number of hydrogen-bond acceptors (Lipinski definition) is 3. The van der Waals surface area contributed by atoms with Crippen molar-refractivity contribution in [2.24, 2.45) is 5.92 Å². The van der Waals surface area contributed by atoms with Crippen molar-refractivity contribution < 1.29 is 9.53 Å². The van der Waals surface area contributed by atoms with E-state index in [2.05, 4.69) is 10.3 Å². The van der Waals surface area contributed by atoms with Crippen LogP contribution in [0.15, 0.2) is 60.8 Å². The van der Waals surface area contributed by atoms with E-state index in [1.54, 1.807) is 12.3 Å². The van der Waals surface area contributed by atoms with E-state index in [0.717, 1.165) is 28.9 Å². The Morgan fingerprint density at radius 3 is 2.75 bits per heavy atom. The zero-order valence-electron chi connectivity index (χ0n) is 13.2. The third kappa shape index (κ3) is 3.38. The van der Waals surface area contributed by atoms with Gasteiger partial charge in [-0.2, -0.15) is 0 Å². The van der Waals surface area contributed by atoms with Gasteiger partial charge in [0.15, 0.2) is 0 Å². The molecule has 2 aromatic carbocycles. The second-order valence-corrected chi connectivity index (χ2v) is 6.15. The predicted octanol–water partition coefficient (Wildman–Crippen LogP) is 4.28. The topological polar surface area (TPSA) is 51.2 Å². The van der Waals surface area contributed by atoms with Gasteiger partial charge >= 0.3 is 0 Å². The Bertz CT molecular complexity index is 873. The molecule has 0 spiro atoms. The number of rotatable bonds is 5. The summed E-state index contributed by atoms with van der Waals surface area (Å²) in [5.41, 5.74) is 2.24. The smallest absolute Gasteiger partial charge is 0.255 e. The maximum absolute atomic E-state index is 12.4. The van der Waals surface area contributed by atoms with E-state index >= 15 is 0 Å². The lowest BCUT2D eigenvalue weighted by molar-refractivity contribution is 0.102. The van der Waals surface area contributed by atoms with Crippen LogP contribution < -0.4 is 10.1 Å². The number of nitrogens with one attached hydrogen (secondary N) is 1. The molecule has 0 aliphatic heterocycles. The van der Waals surface area contributed by atoms with Crippen LogP contribution in [0.2, 0.25) is 0 Å². The number of aromatic nitrogens is 1. The number of carbonyl (C=O) groups is 1. The van der Waals surface area contributed by atoms with Crippen molar-refractivity contribution in [2.75, 3.05) is 11.9 Å². The third-order valence-electron chi connectivity index (χ3n) is 4.13. The molecule has 1 aliphatic carbocycles. The Labute approximate surface area is 140 Å². The number of ether oxygens (including phenoxy) is 1. The van der Waals surface area contributed by atoms with Gasteiger partial charge < -0.3 is 10.1 Å². The lowest BCUT2D eigenvalue weighted by Gasteiger charge is -2.08. The fourth-order valence-corrected chi connectivity index (χ4v) is 2.55. The van der Waals surface area contributed by atoms with Gasteiger partial charge in [-0.15, -0.1) is 0 Å². The van der Waals surface area contributed by atoms with Crippen LogP contribution in [0.4, 0.5) is 5.69 Å². The Balaban J connectivity index is 1.55. The normalized spacial score (nSPS) is 13.7. The van der Waals surface area contributed by atoms with Gasteiger partial charge in [0.1, 0.15) is 5.75 Å². The van der Waals surface area contributed by atoms with Gasteiger partial charge in [0.2, 0.25) is 0 Å². The number of pyridine rings is 1. The summed E-state index contributed by atoms with van der Waals surface area (Å²) in [6.07, 6.45) is 4.25. The zero-order chi connectivity index (χ0) is 16.4. The number of amides is 1. The Morgan fingerprint density at radius 1 is 1.12 bits per heavy atom. The van der Waals surface area contributed by atoms with Crippen LogP contribution in [-0.4, -0.2) is 17.5 Å². The Kier molecular flexibility index (Phi) is 3.87. The highest BCUT2D eigenvalue weighted by Crippen LogP contribution is 2.30. The molecule has 1 aromatic heterocycles. The van der Waals surface area contributed by atoms with Gasteiger partial charge in [-0.3, -0.25) is 9.78 Å². The molecule has 4 heteroatoms. The number of anilines is 1. The van der Waals surface area contributed by atoms with E-state index < -0.39 is 0 Å². The second kappa shape index (κ2) is 6.32. The largest absolute Gasteiger partial charge is 0.492 e. The van der Waals surface area contributed by atoms with Gasteiger partial charge in [0.25, 0.3) is 5.91 Å². The molecule has 1 saturated carbocycles. The molecule has 0 atom stereocenters. The Morgan fingerprint density at radius 2 is 1.96 bits per heavy atom. The van der Waals surface area contributed by atoms with Crippen LogP contribution in [0, 0.1) is 5.92 Å². The monoisotopic (exact) mass is 318 g/mol. The molecule has 0 bridgehead atoms. The second-order valence-electron chi connectivity index (χ2n) is 6.15. The molecule has 4 rings (SSSR count). The van der Waals surface area contributed by atoms with E-state index in [9.17, 15) is 4.79 Å². The fourth-order valence-electron chi connectivity index (χ4n) is 2.55. The summed E-state index contributed by atoms with van der Waals surface area (Å²) < 4.78 is 5.77. The average Bonchev–Trinajstić information content (AvgIpc) is 3.44. The summed E-state index contributed by atoms with van der Waals surface area (Å²) in [6, 6.07) is 16.9. The molecule has 0 unspecified atom stereocenters. The van der Waals surface area contributed by atoms with Crippen LogP contribution in [0.25, 0.3) is 10.9 Å². The number of hydrogen-bond donors (Lipinski definition) is 1. The summed E-state index contributed by atoms with van der Waals surface area (Å²) in [6.45, 7) is 0.751. The van der Waals surface area contributed by atoms with E-state index in [0.29, 0.717) is 11.5 Å². The molecule has 1 amide bonds. The number of benzene rings is 2. The summed E-state index contributed by atoms with van der Waals surface area (Å²) in [5, 5.41) is 3.80. The number of nitrogens with zero attached hydrogens (tertiary/aromatic N) is 1. The third-order valence-corrected chi connectivity index (χ3v) is 4.13. The average molecular weight is 318 g/mol. The molecule has 0 radical (unpaired) electrons. The SMILES string of the molecule is O=C(Nc1ccccc1)c1ccc2ncc(OCC3CC3)cc2c1. The first-order valence-electron chi connectivity index (χ1n) is 8.17. The van der Waals surface area contributed by atoms with Gasteiger partial charge in [0, 0.05) is 16.6 Å². The summed E-state index contributed by atoms with van der Waals surface area (Å²) in [7, 11) is 0. The standard InChI is InChI=1S/C20H18N2O2/c23-20(22-17-4-2-1-3-5-17)15-8-9-19-16(10-15)11-18(12-21-19)24-13-14-6-7-14/h1-5,8-12,14H,6-7,13H2,(H,22,23). The first-order valence-corrected chi connectivity index (χ1v) is 8.17. The van der Waals surface area contributed by atoms with E-state index in [1.165, 1.54) is 12.8 Å². The summed E-state index contributed by atoms with van der Waals surface area (Å²) in [5.74, 6) is 1.33. The summed E-state index contributed by atoms with van der Waals surface area (Å²) in [4.78, 5) is 16.8. The summed E-state index contributed by atoms with van der Waals surface area (Å²) >= 11 is 0. The minimum absolute atomic E-state index is 0.132. The van der Waals surface area contributed by atoms with Crippen LogP contribution in [0.3, 0.4) is 0 Å². The molecule has 120 valence electrons. The molecule has 1 aliphatic rings. The van der Waals surface area contributed by atoms with Crippen LogP contribution in [-0.2, 0) is 0 Å². The molecule has 4 nitrogen and oxygen atoms in total. The predicted molar refractivity (Wildman–Crippen MR) is 94.4 cm³/mol. The molecular formula is C20H18N2O2. The molecule has 0 saturated heterocycles. The number of fused-ring (bicyclic) bond motifs is 1. The van der Waals surface area contributed by atoms with Crippen molar-refractivity contribution >= 4 is 22.5 Å². The van der Waals surface area contributed by atoms with Gasteiger partial charge in [-0.05, 0) is 55.2 Å². The van der Waals surface area contributed by atoms with Crippen molar-refractivity contribution in [1.29, 1.82) is 0 Å². The Hall–Kier alpha value is -2.88. The number of carbonyl (C=O) groups excluding carboxylic acids is 1. The van der Waals surface area contributed by atoms with Crippen molar-refractivity contribution in [3.63, 3.8) is 0 Å². The molecule has 1 heterocycles. The molecule has 1 N–H and O–H groups in total. The molecule has 24 heavy (non-hydrogen) atoms. The maximum atomic E-state index is 12.4. The van der Waals surface area contributed by atoms with Crippen molar-refractivity contribution in [1.82, 2.24) is 4.98 Å². The van der Waals surface area contributed by atoms with Gasteiger partial charge in [-0.25, -0.2) is 0 Å². The highest BCUT2D eigenvalue weighted by molar-refractivity contribution is 6.06. The highest BCUT2D eigenvalue weighted by Gasteiger charge is 2.22. The highest BCUT2D eigenvalue weighted by atomic mass is 16.5. The van der Waals surface area contributed by atoms with Crippen molar-refractivity contribution in [2.45, 2.75) is 12.8 Å². The van der Waals surface area contributed by atoms with Crippen molar-refractivity contribution in [3.8, 4) is 5.75 Å². The molecule has 1 fully saturated rings. The number of para-hydroxylation sites is 1. The first-order chi connectivity index (χ1) is 11.8. The minimum atomic E-state index is -0.132. The van der Waals surface area contributed by atoms with Gasteiger partial charge in [0.05, 0.1) is 18.3 Å². The van der Waals surface area contributed by atoms with Gasteiger partial charge in [-0.1, -0.05) is 18.2 Å². The van der Waals surface area contributed by atoms with Crippen LogP contribution in [0.1, 0.15) is 23.2 Å². The maximum Gasteiger partial charge on any atom is 0.255 e. The van der Waals surface area contributed by atoms with E-state index in [4.69, 9.17) is 4.74 Å². The van der Waals surface area contributed by atoms with Crippen LogP contribution in [0.5, 0.6) is 5.75 Å². The molecule has 3 aromatic rings. The molecular weight excluding hydrogens is 300 g/mol. The minimum Gasteiger partial charge on any atom is -0.492 e. The fraction of sp³-hybridized carbons (Fsp3) is 0.200. The van der Waals surface area contributed by atoms with E-state index in [1.807, 2.05) is 48.5 Å². The lowest BCUT2D eigenvalue weighted by atomic mass is 10.1. The lowest BCUT2D eigenvalue weighted by Crippen LogP contribution is -2.11. The quantitative estimate of drug-likeness (QED) is 0.764.